The van der Waals surface area contributed by atoms with E-state index >= 15 is 0 Å². The van der Waals surface area contributed by atoms with Crippen LogP contribution in [0.2, 0.25) is 0 Å². The Morgan fingerprint density at radius 2 is 1.95 bits per heavy atom. The Hall–Kier alpha value is -0.900. The van der Waals surface area contributed by atoms with Crippen LogP contribution in [-0.4, -0.2) is 33.5 Å². The number of hydrogen-bond donors (Lipinski definition) is 1. The lowest BCUT2D eigenvalue weighted by Crippen LogP contribution is -2.24. The average molecular weight is 279 g/mol. The van der Waals surface area contributed by atoms with Crippen molar-refractivity contribution < 1.29 is 9.47 Å². The summed E-state index contributed by atoms with van der Waals surface area (Å²) in [5, 5.41) is 3.63. The Morgan fingerprint density at radius 1 is 1.15 bits per heavy atom. The van der Waals surface area contributed by atoms with Crippen molar-refractivity contribution in [1.29, 1.82) is 0 Å². The molecule has 3 nitrogen and oxygen atoms in total. The zero-order chi connectivity index (χ0) is 14.8. The summed E-state index contributed by atoms with van der Waals surface area (Å²) in [7, 11) is 1.70. The molecule has 0 amide bonds. The van der Waals surface area contributed by atoms with Crippen LogP contribution in [-0.2, 0) is 9.47 Å². The summed E-state index contributed by atoms with van der Waals surface area (Å²) in [5.74, 6) is 0. The van der Waals surface area contributed by atoms with Gasteiger partial charge in [-0.2, -0.15) is 0 Å². The molecule has 0 spiro atoms. The van der Waals surface area contributed by atoms with Crippen LogP contribution < -0.4 is 5.32 Å². The van der Waals surface area contributed by atoms with Crippen molar-refractivity contribution in [3.63, 3.8) is 0 Å². The number of aryl methyl sites for hydroxylation is 2. The van der Waals surface area contributed by atoms with Gasteiger partial charge in [0.15, 0.2) is 0 Å². The summed E-state index contributed by atoms with van der Waals surface area (Å²) in [6.07, 6.45) is 2.14. The molecule has 1 atom stereocenters. The molecule has 0 saturated carbocycles. The molecule has 1 unspecified atom stereocenters. The van der Waals surface area contributed by atoms with E-state index in [9.17, 15) is 0 Å². The third kappa shape index (κ3) is 6.04. The molecule has 1 aromatic carbocycles. The van der Waals surface area contributed by atoms with Crippen molar-refractivity contribution in [1.82, 2.24) is 5.32 Å². The van der Waals surface area contributed by atoms with Crippen molar-refractivity contribution in [2.75, 3.05) is 33.5 Å². The summed E-state index contributed by atoms with van der Waals surface area (Å²) in [5.41, 5.74) is 4.06. The molecule has 0 saturated heterocycles. The van der Waals surface area contributed by atoms with Gasteiger partial charge in [0.2, 0.25) is 0 Å². The highest BCUT2D eigenvalue weighted by Gasteiger charge is 2.13. The molecule has 3 heteroatoms. The van der Waals surface area contributed by atoms with Gasteiger partial charge in [-0.15, -0.1) is 0 Å². The van der Waals surface area contributed by atoms with E-state index in [1.165, 1.54) is 16.7 Å². The predicted octanol–water partition coefficient (Wildman–Crippen LogP) is 3.40. The molecule has 0 aliphatic heterocycles. The maximum atomic E-state index is 5.61. The first-order valence-electron chi connectivity index (χ1n) is 7.56. The Labute approximate surface area is 123 Å². The lowest BCUT2D eigenvalue weighted by atomic mass is 9.97. The zero-order valence-corrected chi connectivity index (χ0v) is 13.4. The number of ether oxygens (including phenoxy) is 2. The van der Waals surface area contributed by atoms with Gasteiger partial charge in [-0.05, 0) is 44.4 Å². The molecular formula is C17H29NO2. The third-order valence-corrected chi connectivity index (χ3v) is 3.43. The summed E-state index contributed by atoms with van der Waals surface area (Å²) < 4.78 is 10.6. The molecule has 114 valence electrons. The minimum absolute atomic E-state index is 0.373. The quantitative estimate of drug-likeness (QED) is 0.666. The van der Waals surface area contributed by atoms with Gasteiger partial charge in [0.1, 0.15) is 0 Å². The molecule has 0 bridgehead atoms. The van der Waals surface area contributed by atoms with Crippen molar-refractivity contribution in [2.24, 2.45) is 0 Å². The third-order valence-electron chi connectivity index (χ3n) is 3.43. The SMILES string of the molecule is CCCNC(CCOCCOC)c1cc(C)ccc1C. The molecule has 0 aliphatic carbocycles. The smallest absolute Gasteiger partial charge is 0.0700 e. The van der Waals surface area contributed by atoms with Crippen molar-refractivity contribution in [3.8, 4) is 0 Å². The number of benzene rings is 1. The minimum atomic E-state index is 0.373. The summed E-state index contributed by atoms with van der Waals surface area (Å²) in [6, 6.07) is 7.04. The summed E-state index contributed by atoms with van der Waals surface area (Å²) in [6.45, 7) is 9.66. The summed E-state index contributed by atoms with van der Waals surface area (Å²) >= 11 is 0. The fraction of sp³-hybridized carbons (Fsp3) is 0.647. The van der Waals surface area contributed by atoms with Gasteiger partial charge in [0, 0.05) is 19.8 Å². The van der Waals surface area contributed by atoms with Crippen molar-refractivity contribution >= 4 is 0 Å². The first-order valence-corrected chi connectivity index (χ1v) is 7.56. The standard InChI is InChI=1S/C17H29NO2/c1-5-9-18-17(8-10-20-12-11-19-4)16-13-14(2)6-7-15(16)3/h6-7,13,17-18H,5,8-12H2,1-4H3. The molecule has 1 N–H and O–H groups in total. The van der Waals surface area contributed by atoms with Crippen LogP contribution in [0.4, 0.5) is 0 Å². The van der Waals surface area contributed by atoms with Crippen LogP contribution >= 0.6 is 0 Å². The van der Waals surface area contributed by atoms with E-state index in [1.54, 1.807) is 7.11 Å². The normalized spacial score (nSPS) is 12.6. The number of hydrogen-bond acceptors (Lipinski definition) is 3. The van der Waals surface area contributed by atoms with Crippen LogP contribution in [0, 0.1) is 13.8 Å². The Kier molecular flexibility index (Phi) is 8.51. The second kappa shape index (κ2) is 9.92. The van der Waals surface area contributed by atoms with Gasteiger partial charge in [-0.25, -0.2) is 0 Å². The van der Waals surface area contributed by atoms with Crippen LogP contribution in [0.1, 0.15) is 42.5 Å². The second-order valence-electron chi connectivity index (χ2n) is 5.26. The number of nitrogens with one attached hydrogen (secondary N) is 1. The van der Waals surface area contributed by atoms with E-state index < -0.39 is 0 Å². The largest absolute Gasteiger partial charge is 0.382 e. The lowest BCUT2D eigenvalue weighted by Gasteiger charge is -2.21. The molecule has 0 heterocycles. The topological polar surface area (TPSA) is 30.5 Å². The average Bonchev–Trinajstić information content (AvgIpc) is 2.45. The van der Waals surface area contributed by atoms with Gasteiger partial charge >= 0.3 is 0 Å². The Bertz CT molecular complexity index is 379. The van der Waals surface area contributed by atoms with Gasteiger partial charge < -0.3 is 14.8 Å². The van der Waals surface area contributed by atoms with Crippen molar-refractivity contribution in [2.45, 2.75) is 39.7 Å². The molecule has 1 aromatic rings. The number of methoxy groups -OCH3 is 1. The molecule has 1 rings (SSSR count). The first kappa shape index (κ1) is 17.2. The maximum Gasteiger partial charge on any atom is 0.0700 e. The highest BCUT2D eigenvalue weighted by molar-refractivity contribution is 5.33. The van der Waals surface area contributed by atoms with Gasteiger partial charge in [-0.3, -0.25) is 0 Å². The molecule has 0 aliphatic rings. The van der Waals surface area contributed by atoms with Crippen molar-refractivity contribution in [3.05, 3.63) is 34.9 Å². The minimum Gasteiger partial charge on any atom is -0.382 e. The monoisotopic (exact) mass is 279 g/mol. The van der Waals surface area contributed by atoms with E-state index in [4.69, 9.17) is 9.47 Å². The van der Waals surface area contributed by atoms with Gasteiger partial charge in [-0.1, -0.05) is 30.7 Å². The number of rotatable bonds is 10. The molecule has 0 aromatic heterocycles. The van der Waals surface area contributed by atoms with Crippen LogP contribution in [0.5, 0.6) is 0 Å². The molecule has 20 heavy (non-hydrogen) atoms. The van der Waals surface area contributed by atoms with E-state index in [-0.39, 0.29) is 0 Å². The lowest BCUT2D eigenvalue weighted by molar-refractivity contribution is 0.0657. The van der Waals surface area contributed by atoms with Gasteiger partial charge in [0.05, 0.1) is 13.2 Å². The Morgan fingerprint density at radius 3 is 2.65 bits per heavy atom. The molecule has 0 radical (unpaired) electrons. The fourth-order valence-corrected chi connectivity index (χ4v) is 2.27. The molecular weight excluding hydrogens is 250 g/mol. The van der Waals surface area contributed by atoms with E-state index in [1.807, 2.05) is 0 Å². The van der Waals surface area contributed by atoms with E-state index in [0.717, 1.165) is 26.0 Å². The first-order chi connectivity index (χ1) is 9.69. The second-order valence-corrected chi connectivity index (χ2v) is 5.26. The zero-order valence-electron chi connectivity index (χ0n) is 13.4. The summed E-state index contributed by atoms with van der Waals surface area (Å²) in [4.78, 5) is 0. The van der Waals surface area contributed by atoms with Gasteiger partial charge in [0.25, 0.3) is 0 Å². The Balaban J connectivity index is 2.60. The van der Waals surface area contributed by atoms with E-state index in [0.29, 0.717) is 19.3 Å². The van der Waals surface area contributed by atoms with E-state index in [2.05, 4.69) is 44.3 Å². The highest BCUT2D eigenvalue weighted by Crippen LogP contribution is 2.22. The van der Waals surface area contributed by atoms with Crippen LogP contribution in [0.3, 0.4) is 0 Å². The maximum absolute atomic E-state index is 5.61. The predicted molar refractivity (Wildman–Crippen MR) is 84.3 cm³/mol. The fourth-order valence-electron chi connectivity index (χ4n) is 2.27. The van der Waals surface area contributed by atoms with Crippen LogP contribution in [0.25, 0.3) is 0 Å². The van der Waals surface area contributed by atoms with Crippen LogP contribution in [0.15, 0.2) is 18.2 Å². The highest BCUT2D eigenvalue weighted by atomic mass is 16.5. The molecule has 0 fully saturated rings.